The average Bonchev–Trinajstić information content (AvgIpc) is 2.76. The summed E-state index contributed by atoms with van der Waals surface area (Å²) in [4.78, 5) is 0.292. The Morgan fingerprint density at radius 2 is 2.12 bits per heavy atom. The summed E-state index contributed by atoms with van der Waals surface area (Å²) in [5.41, 5.74) is 0.757. The SMILES string of the molecule is CCn1cnnc1-c1cccc(S(C)(=O)=O)c1. The highest BCUT2D eigenvalue weighted by Gasteiger charge is 2.11. The Morgan fingerprint density at radius 3 is 2.76 bits per heavy atom. The molecule has 0 amide bonds. The van der Waals surface area contributed by atoms with Gasteiger partial charge in [-0.15, -0.1) is 10.2 Å². The van der Waals surface area contributed by atoms with E-state index in [4.69, 9.17) is 0 Å². The van der Waals surface area contributed by atoms with Gasteiger partial charge in [-0.3, -0.25) is 0 Å². The van der Waals surface area contributed by atoms with Gasteiger partial charge in [-0.2, -0.15) is 0 Å². The molecule has 1 heterocycles. The number of nitrogens with zero attached hydrogens (tertiary/aromatic N) is 3. The maximum atomic E-state index is 11.5. The van der Waals surface area contributed by atoms with Gasteiger partial charge in [0.05, 0.1) is 4.90 Å². The Bertz CT molecular complexity index is 632. The molecule has 1 aromatic carbocycles. The molecule has 6 heteroatoms. The van der Waals surface area contributed by atoms with Crippen LogP contribution < -0.4 is 0 Å². The summed E-state index contributed by atoms with van der Waals surface area (Å²) in [5, 5.41) is 7.82. The summed E-state index contributed by atoms with van der Waals surface area (Å²) < 4.78 is 24.8. The first-order valence-corrected chi connectivity index (χ1v) is 7.10. The third-order valence-electron chi connectivity index (χ3n) is 2.48. The average molecular weight is 251 g/mol. The monoisotopic (exact) mass is 251 g/mol. The van der Waals surface area contributed by atoms with E-state index in [1.807, 2.05) is 17.6 Å². The normalized spacial score (nSPS) is 11.6. The second-order valence-electron chi connectivity index (χ2n) is 3.74. The van der Waals surface area contributed by atoms with E-state index in [0.717, 1.165) is 12.1 Å². The first-order chi connectivity index (χ1) is 8.02. The summed E-state index contributed by atoms with van der Waals surface area (Å²) in [5.74, 6) is 0.679. The van der Waals surface area contributed by atoms with Crippen LogP contribution in [0, 0.1) is 0 Å². The highest BCUT2D eigenvalue weighted by Crippen LogP contribution is 2.20. The molecule has 0 bridgehead atoms. The lowest BCUT2D eigenvalue weighted by Crippen LogP contribution is -1.99. The predicted molar refractivity (Wildman–Crippen MR) is 64.2 cm³/mol. The van der Waals surface area contributed by atoms with E-state index in [1.54, 1.807) is 24.5 Å². The van der Waals surface area contributed by atoms with Crippen molar-refractivity contribution < 1.29 is 8.42 Å². The van der Waals surface area contributed by atoms with Gasteiger partial charge in [0, 0.05) is 18.4 Å². The first kappa shape index (κ1) is 11.8. The van der Waals surface area contributed by atoms with Crippen LogP contribution in [0.3, 0.4) is 0 Å². The Morgan fingerprint density at radius 1 is 1.35 bits per heavy atom. The lowest BCUT2D eigenvalue weighted by Gasteiger charge is -2.04. The molecule has 0 radical (unpaired) electrons. The zero-order valence-electron chi connectivity index (χ0n) is 9.66. The Kier molecular flexibility index (Phi) is 2.97. The summed E-state index contributed by atoms with van der Waals surface area (Å²) in [6.07, 6.45) is 2.82. The molecular weight excluding hydrogens is 238 g/mol. The van der Waals surface area contributed by atoms with Crippen LogP contribution in [-0.4, -0.2) is 29.4 Å². The van der Waals surface area contributed by atoms with E-state index in [1.165, 1.54) is 6.26 Å². The van der Waals surface area contributed by atoms with Crippen LogP contribution in [0.25, 0.3) is 11.4 Å². The zero-order chi connectivity index (χ0) is 12.5. The minimum Gasteiger partial charge on any atom is -0.314 e. The van der Waals surface area contributed by atoms with Gasteiger partial charge in [0.2, 0.25) is 0 Å². The quantitative estimate of drug-likeness (QED) is 0.826. The lowest BCUT2D eigenvalue weighted by atomic mass is 10.2. The molecule has 17 heavy (non-hydrogen) atoms. The van der Waals surface area contributed by atoms with Crippen LogP contribution in [0.5, 0.6) is 0 Å². The zero-order valence-corrected chi connectivity index (χ0v) is 10.5. The van der Waals surface area contributed by atoms with Crippen LogP contribution in [0.4, 0.5) is 0 Å². The number of sulfone groups is 1. The molecule has 0 aliphatic carbocycles. The largest absolute Gasteiger partial charge is 0.314 e. The summed E-state index contributed by atoms with van der Waals surface area (Å²) in [6, 6.07) is 6.72. The maximum Gasteiger partial charge on any atom is 0.175 e. The predicted octanol–water partition coefficient (Wildman–Crippen LogP) is 1.37. The molecular formula is C11H13N3O2S. The van der Waals surface area contributed by atoms with E-state index < -0.39 is 9.84 Å². The van der Waals surface area contributed by atoms with Crippen molar-refractivity contribution in [2.75, 3.05) is 6.26 Å². The van der Waals surface area contributed by atoms with Crippen LogP contribution in [0.1, 0.15) is 6.92 Å². The van der Waals surface area contributed by atoms with E-state index in [9.17, 15) is 8.42 Å². The second kappa shape index (κ2) is 4.29. The summed E-state index contributed by atoms with van der Waals surface area (Å²) in [7, 11) is -3.19. The maximum absolute atomic E-state index is 11.5. The molecule has 0 aliphatic heterocycles. The van der Waals surface area contributed by atoms with Gasteiger partial charge in [0.25, 0.3) is 0 Å². The Balaban J connectivity index is 2.55. The summed E-state index contributed by atoms with van der Waals surface area (Å²) >= 11 is 0. The van der Waals surface area contributed by atoms with E-state index in [2.05, 4.69) is 10.2 Å². The Labute approximate surface area is 100 Å². The number of hydrogen-bond acceptors (Lipinski definition) is 4. The topological polar surface area (TPSA) is 64.8 Å². The molecule has 0 saturated carbocycles. The van der Waals surface area contributed by atoms with Crippen molar-refractivity contribution in [3.63, 3.8) is 0 Å². The van der Waals surface area contributed by atoms with Gasteiger partial charge in [-0.1, -0.05) is 12.1 Å². The van der Waals surface area contributed by atoms with Gasteiger partial charge in [-0.25, -0.2) is 8.42 Å². The number of hydrogen-bond donors (Lipinski definition) is 0. The van der Waals surface area contributed by atoms with Crippen LogP contribution in [0.15, 0.2) is 35.5 Å². The molecule has 90 valence electrons. The van der Waals surface area contributed by atoms with Crippen molar-refractivity contribution in [1.82, 2.24) is 14.8 Å². The van der Waals surface area contributed by atoms with Crippen LogP contribution >= 0.6 is 0 Å². The fourth-order valence-electron chi connectivity index (χ4n) is 1.58. The van der Waals surface area contributed by atoms with Crippen LogP contribution in [-0.2, 0) is 16.4 Å². The second-order valence-corrected chi connectivity index (χ2v) is 5.76. The molecule has 5 nitrogen and oxygen atoms in total. The minimum absolute atomic E-state index is 0.292. The molecule has 0 aliphatic rings. The Hall–Kier alpha value is -1.69. The molecule has 2 aromatic rings. The molecule has 0 fully saturated rings. The van der Waals surface area contributed by atoms with Crippen molar-refractivity contribution in [1.29, 1.82) is 0 Å². The first-order valence-electron chi connectivity index (χ1n) is 5.20. The molecule has 0 unspecified atom stereocenters. The van der Waals surface area contributed by atoms with Gasteiger partial charge in [0.1, 0.15) is 6.33 Å². The fraction of sp³-hybridized carbons (Fsp3) is 0.273. The highest BCUT2D eigenvalue weighted by atomic mass is 32.2. The van der Waals surface area contributed by atoms with Crippen molar-refractivity contribution in [3.05, 3.63) is 30.6 Å². The summed E-state index contributed by atoms with van der Waals surface area (Å²) in [6.45, 7) is 2.72. The molecule has 0 spiro atoms. The van der Waals surface area contributed by atoms with Crippen molar-refractivity contribution in [2.24, 2.45) is 0 Å². The standard InChI is InChI=1S/C11H13N3O2S/c1-3-14-8-12-13-11(14)9-5-4-6-10(7-9)17(2,15)16/h4-8H,3H2,1-2H3. The molecule has 0 saturated heterocycles. The lowest BCUT2D eigenvalue weighted by molar-refractivity contribution is 0.602. The molecule has 2 rings (SSSR count). The third kappa shape index (κ3) is 2.36. The van der Waals surface area contributed by atoms with E-state index in [0.29, 0.717) is 10.7 Å². The van der Waals surface area contributed by atoms with Gasteiger partial charge < -0.3 is 4.57 Å². The van der Waals surface area contributed by atoms with Gasteiger partial charge in [0.15, 0.2) is 15.7 Å². The van der Waals surface area contributed by atoms with E-state index >= 15 is 0 Å². The number of rotatable bonds is 3. The molecule has 0 atom stereocenters. The number of benzene rings is 1. The van der Waals surface area contributed by atoms with E-state index in [-0.39, 0.29) is 0 Å². The number of aryl methyl sites for hydroxylation is 1. The van der Waals surface area contributed by atoms with Crippen molar-refractivity contribution in [2.45, 2.75) is 18.4 Å². The third-order valence-corrected chi connectivity index (χ3v) is 3.59. The van der Waals surface area contributed by atoms with Crippen LogP contribution in [0.2, 0.25) is 0 Å². The highest BCUT2D eigenvalue weighted by molar-refractivity contribution is 7.90. The minimum atomic E-state index is -3.19. The fourth-order valence-corrected chi connectivity index (χ4v) is 2.24. The molecule has 1 aromatic heterocycles. The van der Waals surface area contributed by atoms with Gasteiger partial charge >= 0.3 is 0 Å². The van der Waals surface area contributed by atoms with Gasteiger partial charge in [-0.05, 0) is 19.1 Å². The number of aromatic nitrogens is 3. The molecule has 0 N–H and O–H groups in total. The van der Waals surface area contributed by atoms with Crippen molar-refractivity contribution in [3.8, 4) is 11.4 Å². The van der Waals surface area contributed by atoms with Crippen molar-refractivity contribution >= 4 is 9.84 Å². The smallest absolute Gasteiger partial charge is 0.175 e.